The molecule has 9 heteroatoms. The predicted molar refractivity (Wildman–Crippen MR) is 117 cm³/mol. The molecule has 0 fully saturated rings. The van der Waals surface area contributed by atoms with Gasteiger partial charge in [-0.25, -0.2) is 4.79 Å². The smallest absolute Gasteiger partial charge is 0.343 e. The first kappa shape index (κ1) is 20.8. The molecule has 1 aliphatic heterocycles. The van der Waals surface area contributed by atoms with E-state index in [2.05, 4.69) is 6.07 Å². The third-order valence-electron chi connectivity index (χ3n) is 5.26. The number of nitrogens with one attached hydrogen (secondary N) is 1. The Bertz CT molecular complexity index is 1230. The number of aliphatic hydroxyl groups excluding tert-OH is 1. The van der Waals surface area contributed by atoms with Gasteiger partial charge in [0.25, 0.3) is 0 Å². The molecule has 4 rings (SSSR count). The summed E-state index contributed by atoms with van der Waals surface area (Å²) >= 11 is 7.16. The number of amidine groups is 1. The maximum Gasteiger partial charge on any atom is 0.343 e. The second-order valence-electron chi connectivity index (χ2n) is 7.12. The van der Waals surface area contributed by atoms with Gasteiger partial charge in [0, 0.05) is 21.5 Å². The van der Waals surface area contributed by atoms with Crippen molar-refractivity contribution in [1.29, 1.82) is 10.7 Å². The Balaban J connectivity index is 1.87. The molecule has 1 aliphatic carbocycles. The van der Waals surface area contributed by atoms with Gasteiger partial charge < -0.3 is 10.2 Å². The van der Waals surface area contributed by atoms with Crippen LogP contribution in [0.15, 0.2) is 47.4 Å². The number of carbonyl (C=O) groups excluding carboxylic acids is 1. The van der Waals surface area contributed by atoms with E-state index in [9.17, 15) is 25.1 Å². The predicted octanol–water partition coefficient (Wildman–Crippen LogP) is 4.61. The van der Waals surface area contributed by atoms with Crippen LogP contribution in [-0.2, 0) is 17.6 Å². The number of fused-ring (bicyclic) bond motifs is 1. The molecular weight excluding hydrogens is 438 g/mol. The zero-order chi connectivity index (χ0) is 22.3. The summed E-state index contributed by atoms with van der Waals surface area (Å²) in [4.78, 5) is 26.7. The summed E-state index contributed by atoms with van der Waals surface area (Å²) in [7, 11) is 0. The van der Waals surface area contributed by atoms with Crippen LogP contribution in [0.1, 0.15) is 39.2 Å². The molecule has 1 aromatic heterocycles. The normalized spacial score (nSPS) is 17.1. The summed E-state index contributed by atoms with van der Waals surface area (Å²) < 4.78 is 0. The molecule has 31 heavy (non-hydrogen) atoms. The molecule has 0 saturated carbocycles. The molecule has 0 saturated heterocycles. The Morgan fingerprint density at radius 1 is 1.23 bits per heavy atom. The minimum Gasteiger partial charge on any atom is -0.505 e. The number of carboxylic acid groups (broad SMARTS) is 1. The van der Waals surface area contributed by atoms with Crippen molar-refractivity contribution >= 4 is 45.5 Å². The van der Waals surface area contributed by atoms with Crippen LogP contribution in [0.25, 0.3) is 0 Å². The van der Waals surface area contributed by atoms with Gasteiger partial charge in [-0.2, -0.15) is 5.26 Å². The number of carboxylic acids is 1. The summed E-state index contributed by atoms with van der Waals surface area (Å²) in [5.74, 6) is -3.16. The molecular formula is C22H16ClN3O4S. The number of hydrogen-bond acceptors (Lipinski definition) is 6. The molecule has 7 nitrogen and oxygen atoms in total. The van der Waals surface area contributed by atoms with Gasteiger partial charge >= 0.3 is 5.97 Å². The summed E-state index contributed by atoms with van der Waals surface area (Å²) in [6, 6.07) is 8.27. The average molecular weight is 454 g/mol. The van der Waals surface area contributed by atoms with Crippen LogP contribution in [0.4, 0.5) is 5.00 Å². The van der Waals surface area contributed by atoms with Gasteiger partial charge in [-0.3, -0.25) is 15.1 Å². The Morgan fingerprint density at radius 3 is 2.55 bits per heavy atom. The van der Waals surface area contributed by atoms with E-state index in [4.69, 9.17) is 17.0 Å². The fourth-order valence-electron chi connectivity index (χ4n) is 3.77. The van der Waals surface area contributed by atoms with E-state index >= 15 is 0 Å². The lowest BCUT2D eigenvalue weighted by atomic mass is 9.96. The van der Waals surface area contributed by atoms with Gasteiger partial charge in [0.1, 0.15) is 22.5 Å². The Kier molecular flexibility index (Phi) is 5.39. The van der Waals surface area contributed by atoms with Gasteiger partial charge in [0.15, 0.2) is 11.5 Å². The zero-order valence-corrected chi connectivity index (χ0v) is 17.7. The SMILES string of the molecule is N#Cc1c(N2C(=N)C(C(=O)O)=C(O)C2=CC(=O)c2ccc(Cl)cc2)sc2c1CCCC2. The number of halogens is 1. The van der Waals surface area contributed by atoms with E-state index in [0.29, 0.717) is 15.6 Å². The number of carbonyl (C=O) groups is 2. The number of benzene rings is 1. The summed E-state index contributed by atoms with van der Waals surface area (Å²) in [6.07, 6.45) is 4.53. The summed E-state index contributed by atoms with van der Waals surface area (Å²) in [5, 5.41) is 39.1. The lowest BCUT2D eigenvalue weighted by Gasteiger charge is -2.19. The number of aryl methyl sites for hydroxylation is 1. The first-order valence-electron chi connectivity index (χ1n) is 9.45. The molecule has 0 atom stereocenters. The Labute approximate surface area is 186 Å². The highest BCUT2D eigenvalue weighted by Crippen LogP contribution is 2.44. The third kappa shape index (κ3) is 3.52. The number of thiophene rings is 1. The number of aliphatic hydroxyl groups is 1. The molecule has 0 unspecified atom stereocenters. The van der Waals surface area contributed by atoms with Crippen molar-refractivity contribution in [2.75, 3.05) is 4.90 Å². The van der Waals surface area contributed by atoms with Gasteiger partial charge in [-0.15, -0.1) is 11.3 Å². The second kappa shape index (κ2) is 8.02. The standard InChI is InChI=1S/C22H16ClN3O4S/c23-12-7-5-11(6-8-12)16(27)9-15-19(28)18(22(29)30)20(25)26(15)21-14(10-24)13-3-1-2-4-17(13)31-21/h5-9,25,28H,1-4H2,(H,29,30). The molecule has 2 aromatic rings. The molecule has 2 heterocycles. The number of aliphatic carboxylic acids is 1. The topological polar surface area (TPSA) is 125 Å². The van der Waals surface area contributed by atoms with Crippen LogP contribution in [0, 0.1) is 16.7 Å². The van der Waals surface area contributed by atoms with E-state index in [0.717, 1.165) is 42.2 Å². The largest absolute Gasteiger partial charge is 0.505 e. The van der Waals surface area contributed by atoms with Crippen molar-refractivity contribution < 1.29 is 19.8 Å². The quantitative estimate of drug-likeness (QED) is 0.458. The van der Waals surface area contributed by atoms with Crippen LogP contribution < -0.4 is 4.90 Å². The number of rotatable bonds is 4. The van der Waals surface area contributed by atoms with Gasteiger partial charge in [-0.1, -0.05) is 11.6 Å². The lowest BCUT2D eigenvalue weighted by Crippen LogP contribution is -2.27. The van der Waals surface area contributed by atoms with Gasteiger partial charge in [0.05, 0.1) is 11.3 Å². The molecule has 3 N–H and O–H groups in total. The number of hydrogen-bond donors (Lipinski definition) is 3. The van der Waals surface area contributed by atoms with Crippen molar-refractivity contribution in [3.05, 3.63) is 74.0 Å². The Hall–Kier alpha value is -3.41. The summed E-state index contributed by atoms with van der Waals surface area (Å²) in [5.41, 5.74) is 0.774. The van der Waals surface area contributed by atoms with Gasteiger partial charge in [-0.05, 0) is 55.5 Å². The third-order valence-corrected chi connectivity index (χ3v) is 6.79. The molecule has 0 bridgehead atoms. The van der Waals surface area contributed by atoms with Crippen molar-refractivity contribution in [3.63, 3.8) is 0 Å². The van der Waals surface area contributed by atoms with Crippen LogP contribution in [0.5, 0.6) is 0 Å². The highest BCUT2D eigenvalue weighted by molar-refractivity contribution is 7.16. The van der Waals surface area contributed by atoms with E-state index in [1.54, 1.807) is 12.1 Å². The van der Waals surface area contributed by atoms with E-state index in [1.807, 2.05) is 0 Å². The maximum absolute atomic E-state index is 12.8. The minimum absolute atomic E-state index is 0.141. The number of anilines is 1. The first-order valence-corrected chi connectivity index (χ1v) is 10.6. The fourth-order valence-corrected chi connectivity index (χ4v) is 5.26. The van der Waals surface area contributed by atoms with Crippen molar-refractivity contribution in [1.82, 2.24) is 0 Å². The molecule has 0 amide bonds. The maximum atomic E-state index is 12.8. The molecule has 1 aromatic carbocycles. The number of nitrogens with zero attached hydrogens (tertiary/aromatic N) is 2. The van der Waals surface area contributed by atoms with Crippen LogP contribution in [-0.4, -0.2) is 27.8 Å². The minimum atomic E-state index is -1.49. The molecule has 0 radical (unpaired) electrons. The van der Waals surface area contributed by atoms with E-state index in [-0.39, 0.29) is 11.3 Å². The lowest BCUT2D eigenvalue weighted by molar-refractivity contribution is -0.132. The zero-order valence-electron chi connectivity index (χ0n) is 16.1. The van der Waals surface area contributed by atoms with E-state index < -0.39 is 28.9 Å². The van der Waals surface area contributed by atoms with Crippen molar-refractivity contribution in [3.8, 4) is 6.07 Å². The van der Waals surface area contributed by atoms with Crippen molar-refractivity contribution in [2.45, 2.75) is 25.7 Å². The highest BCUT2D eigenvalue weighted by Gasteiger charge is 2.40. The molecule has 2 aliphatic rings. The summed E-state index contributed by atoms with van der Waals surface area (Å²) in [6.45, 7) is 0. The number of allylic oxidation sites excluding steroid dienone is 1. The molecule has 156 valence electrons. The second-order valence-corrected chi connectivity index (χ2v) is 8.64. The van der Waals surface area contributed by atoms with Crippen LogP contribution >= 0.6 is 22.9 Å². The van der Waals surface area contributed by atoms with Gasteiger partial charge in [0.2, 0.25) is 0 Å². The van der Waals surface area contributed by atoms with Crippen LogP contribution in [0.3, 0.4) is 0 Å². The fraction of sp³-hybridized carbons (Fsp3) is 0.182. The average Bonchev–Trinajstić information content (AvgIpc) is 3.22. The monoisotopic (exact) mass is 453 g/mol. The number of ketones is 1. The molecule has 0 spiro atoms. The van der Waals surface area contributed by atoms with Crippen LogP contribution in [0.2, 0.25) is 5.02 Å². The van der Waals surface area contributed by atoms with E-state index in [1.165, 1.54) is 28.4 Å². The first-order chi connectivity index (χ1) is 14.8. The van der Waals surface area contributed by atoms with Crippen molar-refractivity contribution in [2.24, 2.45) is 0 Å². The number of nitriles is 1. The Morgan fingerprint density at radius 2 is 1.90 bits per heavy atom. The highest BCUT2D eigenvalue weighted by atomic mass is 35.5.